The van der Waals surface area contributed by atoms with Gasteiger partial charge in [0.25, 0.3) is 0 Å². The van der Waals surface area contributed by atoms with Crippen LogP contribution in [0.4, 0.5) is 0 Å². The fourth-order valence-electron chi connectivity index (χ4n) is 0.998. The molecule has 0 aliphatic heterocycles. The molecule has 2 N–H and O–H groups in total. The van der Waals surface area contributed by atoms with Gasteiger partial charge in [0.1, 0.15) is 5.78 Å². The first kappa shape index (κ1) is 11.6. The molecule has 2 unspecified atom stereocenters. The van der Waals surface area contributed by atoms with Gasteiger partial charge in [-0.25, -0.2) is 0 Å². The van der Waals surface area contributed by atoms with Crippen molar-refractivity contribution in [2.24, 2.45) is 0 Å². The van der Waals surface area contributed by atoms with E-state index in [2.05, 4.69) is 5.32 Å². The average molecular weight is 173 g/mol. The number of Topliss-reactive ketones (excluding diaryl/α,β-unsaturated/α-hetero) is 1. The summed E-state index contributed by atoms with van der Waals surface area (Å²) in [4.78, 5) is 10.9. The third kappa shape index (κ3) is 4.46. The molecular formula is C9H19NO2. The van der Waals surface area contributed by atoms with Crippen molar-refractivity contribution in [1.82, 2.24) is 5.32 Å². The van der Waals surface area contributed by atoms with E-state index >= 15 is 0 Å². The van der Waals surface area contributed by atoms with Crippen molar-refractivity contribution in [2.75, 3.05) is 6.54 Å². The van der Waals surface area contributed by atoms with Crippen molar-refractivity contribution >= 4 is 5.78 Å². The molecule has 0 amide bonds. The molecular weight excluding hydrogens is 154 g/mol. The highest BCUT2D eigenvalue weighted by atomic mass is 16.3. The Morgan fingerprint density at radius 1 is 1.42 bits per heavy atom. The fourth-order valence-corrected chi connectivity index (χ4v) is 0.998. The first-order chi connectivity index (χ1) is 5.61. The SMILES string of the molecule is CCC(O)CNC(CC)C(C)=O. The molecule has 3 heteroatoms. The molecule has 0 saturated carbocycles. The maximum absolute atomic E-state index is 10.9. The number of hydrogen-bond acceptors (Lipinski definition) is 3. The van der Waals surface area contributed by atoms with Crippen LogP contribution in [0.1, 0.15) is 33.6 Å². The van der Waals surface area contributed by atoms with Crippen LogP contribution >= 0.6 is 0 Å². The van der Waals surface area contributed by atoms with E-state index in [9.17, 15) is 9.90 Å². The molecule has 0 aliphatic carbocycles. The molecule has 0 bridgehead atoms. The van der Waals surface area contributed by atoms with E-state index in [0.29, 0.717) is 6.54 Å². The Morgan fingerprint density at radius 3 is 2.33 bits per heavy atom. The minimum atomic E-state index is -0.335. The number of aliphatic hydroxyl groups is 1. The van der Waals surface area contributed by atoms with Gasteiger partial charge in [0.05, 0.1) is 12.1 Å². The van der Waals surface area contributed by atoms with E-state index in [1.165, 1.54) is 0 Å². The van der Waals surface area contributed by atoms with Gasteiger partial charge in [-0.15, -0.1) is 0 Å². The summed E-state index contributed by atoms with van der Waals surface area (Å²) in [5, 5.41) is 12.2. The quantitative estimate of drug-likeness (QED) is 0.622. The predicted octanol–water partition coefficient (Wildman–Crippen LogP) is 0.714. The van der Waals surface area contributed by atoms with Crippen LogP contribution in [0, 0.1) is 0 Å². The smallest absolute Gasteiger partial charge is 0.146 e. The van der Waals surface area contributed by atoms with E-state index in [1.54, 1.807) is 6.92 Å². The monoisotopic (exact) mass is 173 g/mol. The van der Waals surface area contributed by atoms with Crippen molar-refractivity contribution < 1.29 is 9.90 Å². The second-order valence-corrected chi connectivity index (χ2v) is 3.04. The molecule has 0 aliphatic rings. The Morgan fingerprint density at radius 2 is 2.00 bits per heavy atom. The maximum atomic E-state index is 10.9. The second-order valence-electron chi connectivity index (χ2n) is 3.04. The van der Waals surface area contributed by atoms with Crippen LogP contribution in [0.2, 0.25) is 0 Å². The Hall–Kier alpha value is -0.410. The molecule has 72 valence electrons. The third-order valence-corrected chi connectivity index (χ3v) is 1.97. The van der Waals surface area contributed by atoms with Gasteiger partial charge in [-0.3, -0.25) is 4.79 Å². The molecule has 0 aromatic carbocycles. The van der Waals surface area contributed by atoms with Gasteiger partial charge in [-0.05, 0) is 19.8 Å². The van der Waals surface area contributed by atoms with Crippen LogP contribution in [0.5, 0.6) is 0 Å². The summed E-state index contributed by atoms with van der Waals surface area (Å²) >= 11 is 0. The number of hydrogen-bond donors (Lipinski definition) is 2. The molecule has 0 radical (unpaired) electrons. The van der Waals surface area contributed by atoms with E-state index in [4.69, 9.17) is 0 Å². The summed E-state index contributed by atoms with van der Waals surface area (Å²) < 4.78 is 0. The van der Waals surface area contributed by atoms with Crippen molar-refractivity contribution in [3.05, 3.63) is 0 Å². The fraction of sp³-hybridized carbons (Fsp3) is 0.889. The van der Waals surface area contributed by atoms with E-state index in [-0.39, 0.29) is 17.9 Å². The van der Waals surface area contributed by atoms with Crippen molar-refractivity contribution in [2.45, 2.75) is 45.8 Å². The van der Waals surface area contributed by atoms with Gasteiger partial charge in [0.2, 0.25) is 0 Å². The molecule has 0 aromatic heterocycles. The van der Waals surface area contributed by atoms with Gasteiger partial charge in [-0.1, -0.05) is 13.8 Å². The van der Waals surface area contributed by atoms with Gasteiger partial charge in [-0.2, -0.15) is 0 Å². The zero-order chi connectivity index (χ0) is 9.56. The van der Waals surface area contributed by atoms with E-state index < -0.39 is 0 Å². The lowest BCUT2D eigenvalue weighted by Crippen LogP contribution is -2.39. The summed E-state index contributed by atoms with van der Waals surface area (Å²) in [6, 6.07) is -0.0915. The first-order valence-electron chi connectivity index (χ1n) is 4.53. The first-order valence-corrected chi connectivity index (χ1v) is 4.53. The standard InChI is InChI=1S/C9H19NO2/c1-4-8(12)6-10-9(5-2)7(3)11/h8-10,12H,4-6H2,1-3H3. The van der Waals surface area contributed by atoms with Crippen LogP contribution in [0.15, 0.2) is 0 Å². The molecule has 0 aromatic rings. The molecule has 0 heterocycles. The highest BCUT2D eigenvalue weighted by Crippen LogP contribution is 1.94. The molecule has 0 rings (SSSR count). The van der Waals surface area contributed by atoms with Crippen molar-refractivity contribution in [3.8, 4) is 0 Å². The number of aliphatic hydroxyl groups excluding tert-OH is 1. The Kier molecular flexibility index (Phi) is 5.93. The van der Waals surface area contributed by atoms with Gasteiger partial charge >= 0.3 is 0 Å². The lowest BCUT2D eigenvalue weighted by atomic mass is 10.1. The summed E-state index contributed by atoms with van der Waals surface area (Å²) in [5.41, 5.74) is 0. The third-order valence-electron chi connectivity index (χ3n) is 1.97. The number of carbonyl (C=O) groups excluding carboxylic acids is 1. The summed E-state index contributed by atoms with van der Waals surface area (Å²) in [7, 11) is 0. The topological polar surface area (TPSA) is 49.3 Å². The van der Waals surface area contributed by atoms with Crippen LogP contribution in [0.25, 0.3) is 0 Å². The lowest BCUT2D eigenvalue weighted by molar-refractivity contribution is -0.119. The van der Waals surface area contributed by atoms with Gasteiger partial charge < -0.3 is 10.4 Å². The maximum Gasteiger partial charge on any atom is 0.146 e. The molecule has 0 saturated heterocycles. The average Bonchev–Trinajstić information content (AvgIpc) is 2.04. The number of nitrogens with one attached hydrogen (secondary N) is 1. The molecule has 2 atom stereocenters. The zero-order valence-electron chi connectivity index (χ0n) is 8.13. The second kappa shape index (κ2) is 6.14. The van der Waals surface area contributed by atoms with Crippen LogP contribution in [-0.4, -0.2) is 29.6 Å². The summed E-state index contributed by atoms with van der Waals surface area (Å²) in [6.07, 6.45) is 1.17. The zero-order valence-corrected chi connectivity index (χ0v) is 8.13. The van der Waals surface area contributed by atoms with Crippen LogP contribution < -0.4 is 5.32 Å². The van der Waals surface area contributed by atoms with Crippen LogP contribution in [-0.2, 0) is 4.79 Å². The summed E-state index contributed by atoms with van der Waals surface area (Å²) in [6.45, 7) is 5.95. The number of carbonyl (C=O) groups is 1. The molecule has 0 fully saturated rings. The predicted molar refractivity (Wildman–Crippen MR) is 49.1 cm³/mol. The summed E-state index contributed by atoms with van der Waals surface area (Å²) in [5.74, 6) is 0.140. The Bertz CT molecular complexity index is 136. The highest BCUT2D eigenvalue weighted by Gasteiger charge is 2.11. The van der Waals surface area contributed by atoms with Crippen molar-refractivity contribution in [1.29, 1.82) is 0 Å². The normalized spacial score (nSPS) is 15.7. The van der Waals surface area contributed by atoms with Gasteiger partial charge in [0.15, 0.2) is 0 Å². The largest absolute Gasteiger partial charge is 0.392 e. The van der Waals surface area contributed by atoms with E-state index in [1.807, 2.05) is 13.8 Å². The van der Waals surface area contributed by atoms with E-state index in [0.717, 1.165) is 12.8 Å². The Balaban J connectivity index is 3.65. The Labute approximate surface area is 74.2 Å². The van der Waals surface area contributed by atoms with Crippen LogP contribution in [0.3, 0.4) is 0 Å². The van der Waals surface area contributed by atoms with Gasteiger partial charge in [0, 0.05) is 6.54 Å². The lowest BCUT2D eigenvalue weighted by Gasteiger charge is -2.15. The molecule has 3 nitrogen and oxygen atoms in total. The number of ketones is 1. The minimum absolute atomic E-state index is 0.0915. The number of rotatable bonds is 6. The highest BCUT2D eigenvalue weighted by molar-refractivity contribution is 5.81. The van der Waals surface area contributed by atoms with Crippen molar-refractivity contribution in [3.63, 3.8) is 0 Å². The minimum Gasteiger partial charge on any atom is -0.392 e. The molecule has 12 heavy (non-hydrogen) atoms. The molecule has 0 spiro atoms.